The van der Waals surface area contributed by atoms with E-state index in [1.807, 2.05) is 53.4 Å². The number of nitrogens with zero attached hydrogens (tertiary/aromatic N) is 3. The van der Waals surface area contributed by atoms with Gasteiger partial charge in [-0.05, 0) is 66.4 Å². The van der Waals surface area contributed by atoms with Gasteiger partial charge >= 0.3 is 0 Å². The number of fused-ring (bicyclic) bond motifs is 4. The fourth-order valence-corrected chi connectivity index (χ4v) is 6.26. The quantitative estimate of drug-likeness (QED) is 0.508. The monoisotopic (exact) mass is 512 g/mol. The molecule has 0 bridgehead atoms. The summed E-state index contributed by atoms with van der Waals surface area (Å²) < 4.78 is 13.2. The number of anilines is 1. The fraction of sp³-hybridized carbons (Fsp3) is 0.355. The number of carbonyl (C=O) groups excluding carboxylic acids is 2. The first-order chi connectivity index (χ1) is 18.6. The van der Waals surface area contributed by atoms with Gasteiger partial charge in [0.15, 0.2) is 0 Å². The fourth-order valence-electron chi connectivity index (χ4n) is 6.26. The predicted molar refractivity (Wildman–Crippen MR) is 146 cm³/mol. The van der Waals surface area contributed by atoms with Gasteiger partial charge in [-0.15, -0.1) is 0 Å². The number of rotatable bonds is 6. The standard InChI is InChI=1S/C31H33FN4O2/c32-23-10-12-24(13-11-23)35-20-18-34(19-21-35)16-5-15-33-30(37)28-26-8-3-4-9-27(26)31(38)36-17-14-22-6-1-2-7-25(22)29(28)36/h1-4,6-13,28-29H,5,14-21H2,(H,33,37)/t28-,29-/m1/s1. The van der Waals surface area contributed by atoms with Gasteiger partial charge in [-0.2, -0.15) is 0 Å². The summed E-state index contributed by atoms with van der Waals surface area (Å²) in [6.45, 7) is 5.83. The highest BCUT2D eigenvalue weighted by atomic mass is 19.1. The van der Waals surface area contributed by atoms with Crippen LogP contribution in [0.4, 0.5) is 10.1 Å². The average molecular weight is 513 g/mol. The predicted octanol–water partition coefficient (Wildman–Crippen LogP) is 3.99. The van der Waals surface area contributed by atoms with Crippen LogP contribution in [0.3, 0.4) is 0 Å². The van der Waals surface area contributed by atoms with Crippen LogP contribution in [0, 0.1) is 5.82 Å². The molecule has 0 saturated carbocycles. The minimum absolute atomic E-state index is 0.0159. The number of hydrogen-bond donors (Lipinski definition) is 1. The second kappa shape index (κ2) is 10.6. The molecule has 0 aliphatic carbocycles. The maximum absolute atomic E-state index is 13.7. The van der Waals surface area contributed by atoms with Gasteiger partial charge in [-0.3, -0.25) is 14.5 Å². The van der Waals surface area contributed by atoms with E-state index < -0.39 is 5.92 Å². The Labute approximate surface area is 223 Å². The lowest BCUT2D eigenvalue weighted by Gasteiger charge is -2.45. The van der Waals surface area contributed by atoms with Crippen molar-refractivity contribution in [2.24, 2.45) is 0 Å². The highest BCUT2D eigenvalue weighted by Gasteiger charge is 2.46. The van der Waals surface area contributed by atoms with Gasteiger partial charge in [0.05, 0.1) is 12.0 Å². The molecule has 3 aliphatic heterocycles. The molecule has 2 amide bonds. The Bertz CT molecular complexity index is 1320. The van der Waals surface area contributed by atoms with Crippen molar-refractivity contribution in [1.29, 1.82) is 0 Å². The second-order valence-electron chi connectivity index (χ2n) is 10.4. The molecular weight excluding hydrogens is 479 g/mol. The summed E-state index contributed by atoms with van der Waals surface area (Å²) in [7, 11) is 0. The minimum Gasteiger partial charge on any atom is -0.369 e. The molecule has 2 atom stereocenters. The molecule has 196 valence electrons. The number of nitrogens with one attached hydrogen (secondary N) is 1. The third-order valence-electron chi connectivity index (χ3n) is 8.23. The van der Waals surface area contributed by atoms with Gasteiger partial charge in [-0.25, -0.2) is 4.39 Å². The van der Waals surface area contributed by atoms with Crippen molar-refractivity contribution in [3.63, 3.8) is 0 Å². The lowest BCUT2D eigenvalue weighted by molar-refractivity contribution is -0.124. The van der Waals surface area contributed by atoms with E-state index >= 15 is 0 Å². The first-order valence-electron chi connectivity index (χ1n) is 13.6. The number of carbonyl (C=O) groups is 2. The summed E-state index contributed by atoms with van der Waals surface area (Å²) in [6, 6.07) is 22.2. The number of halogens is 1. The largest absolute Gasteiger partial charge is 0.369 e. The Balaban J connectivity index is 1.09. The lowest BCUT2D eigenvalue weighted by Crippen LogP contribution is -2.50. The number of piperazine rings is 1. The Kier molecular flexibility index (Phi) is 6.85. The molecule has 0 unspecified atom stereocenters. The van der Waals surface area contributed by atoms with Crippen LogP contribution in [0.5, 0.6) is 0 Å². The van der Waals surface area contributed by atoms with E-state index in [2.05, 4.69) is 27.2 Å². The number of benzene rings is 3. The van der Waals surface area contributed by atoms with Crippen LogP contribution in [0.2, 0.25) is 0 Å². The molecule has 3 aliphatic rings. The average Bonchev–Trinajstić information content (AvgIpc) is 2.96. The summed E-state index contributed by atoms with van der Waals surface area (Å²) in [5, 5.41) is 3.20. The molecule has 3 aromatic rings. The van der Waals surface area contributed by atoms with Gasteiger partial charge in [0.25, 0.3) is 5.91 Å². The lowest BCUT2D eigenvalue weighted by atomic mass is 9.76. The highest BCUT2D eigenvalue weighted by Crippen LogP contribution is 2.45. The maximum Gasteiger partial charge on any atom is 0.254 e. The van der Waals surface area contributed by atoms with E-state index in [1.165, 1.54) is 17.7 Å². The molecule has 1 N–H and O–H groups in total. The van der Waals surface area contributed by atoms with Crippen LogP contribution in [-0.2, 0) is 11.2 Å². The number of amides is 2. The van der Waals surface area contributed by atoms with Crippen molar-refractivity contribution in [1.82, 2.24) is 15.1 Å². The molecule has 3 heterocycles. The van der Waals surface area contributed by atoms with Gasteiger partial charge < -0.3 is 15.1 Å². The first kappa shape index (κ1) is 24.6. The summed E-state index contributed by atoms with van der Waals surface area (Å²) in [5.74, 6) is -0.635. The maximum atomic E-state index is 13.7. The van der Waals surface area contributed by atoms with Crippen molar-refractivity contribution < 1.29 is 14.0 Å². The van der Waals surface area contributed by atoms with Crippen molar-refractivity contribution in [3.8, 4) is 0 Å². The Morgan fingerprint density at radius 2 is 1.58 bits per heavy atom. The zero-order valence-corrected chi connectivity index (χ0v) is 21.5. The van der Waals surface area contributed by atoms with E-state index in [-0.39, 0.29) is 23.7 Å². The molecule has 0 aromatic heterocycles. The first-order valence-corrected chi connectivity index (χ1v) is 13.6. The van der Waals surface area contributed by atoms with Gasteiger partial charge in [0.1, 0.15) is 5.82 Å². The van der Waals surface area contributed by atoms with Gasteiger partial charge in [0, 0.05) is 50.5 Å². The van der Waals surface area contributed by atoms with Crippen molar-refractivity contribution in [2.45, 2.75) is 24.8 Å². The summed E-state index contributed by atoms with van der Waals surface area (Å²) >= 11 is 0. The molecular formula is C31H33FN4O2. The Morgan fingerprint density at radius 3 is 2.37 bits per heavy atom. The zero-order chi connectivity index (χ0) is 26.1. The third kappa shape index (κ3) is 4.67. The third-order valence-corrected chi connectivity index (χ3v) is 8.23. The van der Waals surface area contributed by atoms with E-state index in [0.29, 0.717) is 18.7 Å². The topological polar surface area (TPSA) is 55.9 Å². The second-order valence-corrected chi connectivity index (χ2v) is 10.4. The molecule has 6 rings (SSSR count). The van der Waals surface area contributed by atoms with Crippen LogP contribution in [0.25, 0.3) is 0 Å². The Morgan fingerprint density at radius 1 is 0.868 bits per heavy atom. The smallest absolute Gasteiger partial charge is 0.254 e. The molecule has 1 fully saturated rings. The highest BCUT2D eigenvalue weighted by molar-refractivity contribution is 6.01. The van der Waals surface area contributed by atoms with E-state index in [0.717, 1.165) is 62.4 Å². The van der Waals surface area contributed by atoms with Crippen LogP contribution in [-0.4, -0.2) is 67.4 Å². The van der Waals surface area contributed by atoms with Gasteiger partial charge in [0.2, 0.25) is 5.91 Å². The molecule has 6 nitrogen and oxygen atoms in total. The summed E-state index contributed by atoms with van der Waals surface area (Å²) in [5.41, 5.74) is 4.83. The summed E-state index contributed by atoms with van der Waals surface area (Å²) in [6.07, 6.45) is 1.67. The summed E-state index contributed by atoms with van der Waals surface area (Å²) in [4.78, 5) is 33.7. The van der Waals surface area contributed by atoms with Crippen molar-refractivity contribution >= 4 is 17.5 Å². The van der Waals surface area contributed by atoms with E-state index in [1.54, 1.807) is 0 Å². The van der Waals surface area contributed by atoms with Crippen LogP contribution in [0.1, 0.15) is 45.4 Å². The minimum atomic E-state index is -0.426. The normalized spacial score (nSPS) is 20.9. The molecule has 7 heteroatoms. The van der Waals surface area contributed by atoms with Crippen molar-refractivity contribution in [2.75, 3.05) is 50.7 Å². The molecule has 0 radical (unpaired) electrons. The van der Waals surface area contributed by atoms with Crippen LogP contribution in [0.15, 0.2) is 72.8 Å². The molecule has 1 saturated heterocycles. The zero-order valence-electron chi connectivity index (χ0n) is 21.5. The molecule has 38 heavy (non-hydrogen) atoms. The van der Waals surface area contributed by atoms with E-state index in [4.69, 9.17) is 0 Å². The molecule has 0 spiro atoms. The SMILES string of the molecule is O=C(NCCCN1CCN(c2ccc(F)cc2)CC1)[C@@H]1c2ccccc2C(=O)N2CCc3ccccc3[C@H]12. The van der Waals surface area contributed by atoms with Gasteiger partial charge in [-0.1, -0.05) is 42.5 Å². The molecule has 3 aromatic carbocycles. The number of hydrogen-bond acceptors (Lipinski definition) is 4. The van der Waals surface area contributed by atoms with Crippen LogP contribution >= 0.6 is 0 Å². The Hall–Kier alpha value is -3.71. The van der Waals surface area contributed by atoms with E-state index in [9.17, 15) is 14.0 Å². The van der Waals surface area contributed by atoms with Crippen molar-refractivity contribution in [3.05, 3.63) is 101 Å². The van der Waals surface area contributed by atoms with Crippen LogP contribution < -0.4 is 10.2 Å².